The number of hydrogen-bond donors (Lipinski definition) is 1. The van der Waals surface area contributed by atoms with Gasteiger partial charge >= 0.3 is 0 Å². The molecule has 0 aliphatic carbocycles. The number of β-amino-alcohol motifs (C(OH)–C–C–N with tert-alkyl or cyclic N) is 1. The molecule has 1 aliphatic rings. The highest BCUT2D eigenvalue weighted by Crippen LogP contribution is 2.23. The van der Waals surface area contributed by atoms with Crippen molar-refractivity contribution < 1.29 is 9.90 Å². The Hall–Kier alpha value is -2.66. The molecule has 1 amide bonds. The number of aromatic nitrogens is 2. The summed E-state index contributed by atoms with van der Waals surface area (Å²) in [5, 5.41) is 10.2. The van der Waals surface area contributed by atoms with Crippen LogP contribution in [-0.2, 0) is 0 Å². The monoisotopic (exact) mass is 335 g/mol. The van der Waals surface area contributed by atoms with Crippen LogP contribution in [0.25, 0.3) is 16.7 Å². The first-order valence-corrected chi connectivity index (χ1v) is 8.58. The zero-order valence-corrected chi connectivity index (χ0v) is 14.2. The minimum atomic E-state index is -0.788. The highest BCUT2D eigenvalue weighted by Gasteiger charge is 2.31. The third-order valence-corrected chi connectivity index (χ3v) is 4.81. The first kappa shape index (κ1) is 15.8. The first-order valence-electron chi connectivity index (χ1n) is 8.58. The maximum absolute atomic E-state index is 12.7. The Morgan fingerprint density at radius 2 is 1.92 bits per heavy atom. The number of fused-ring (bicyclic) bond motifs is 1. The SMILES string of the molecule is CC1(O)CCCN(C(=O)c2ccc(-n3cnc4ccccc43)cc2)C1. The lowest BCUT2D eigenvalue weighted by molar-refractivity contribution is -0.0107. The molecule has 1 saturated heterocycles. The van der Waals surface area contributed by atoms with E-state index in [-0.39, 0.29) is 5.91 Å². The molecule has 2 aromatic carbocycles. The van der Waals surface area contributed by atoms with Crippen LogP contribution in [0.15, 0.2) is 54.9 Å². The van der Waals surface area contributed by atoms with Gasteiger partial charge in [0.1, 0.15) is 6.33 Å². The molecule has 0 saturated carbocycles. The average molecular weight is 335 g/mol. The number of amides is 1. The van der Waals surface area contributed by atoms with E-state index in [2.05, 4.69) is 4.98 Å². The van der Waals surface area contributed by atoms with Gasteiger partial charge in [0, 0.05) is 24.3 Å². The zero-order chi connectivity index (χ0) is 17.4. The molecule has 1 unspecified atom stereocenters. The molecule has 1 fully saturated rings. The Balaban J connectivity index is 1.59. The fraction of sp³-hybridized carbons (Fsp3) is 0.300. The number of carbonyl (C=O) groups excluding carboxylic acids is 1. The van der Waals surface area contributed by atoms with Gasteiger partial charge in [-0.3, -0.25) is 9.36 Å². The molecule has 4 rings (SSSR count). The summed E-state index contributed by atoms with van der Waals surface area (Å²) in [5.74, 6) is -0.0259. The fourth-order valence-electron chi connectivity index (χ4n) is 3.51. The van der Waals surface area contributed by atoms with Crippen LogP contribution in [0.1, 0.15) is 30.1 Å². The Kier molecular flexibility index (Phi) is 3.81. The van der Waals surface area contributed by atoms with E-state index in [1.165, 1.54) is 0 Å². The number of nitrogens with zero attached hydrogens (tertiary/aromatic N) is 3. The molecule has 25 heavy (non-hydrogen) atoms. The Morgan fingerprint density at radius 1 is 1.16 bits per heavy atom. The minimum Gasteiger partial charge on any atom is -0.388 e. The molecule has 0 spiro atoms. The molecule has 5 nitrogen and oxygen atoms in total. The largest absolute Gasteiger partial charge is 0.388 e. The summed E-state index contributed by atoms with van der Waals surface area (Å²) in [7, 11) is 0. The number of carbonyl (C=O) groups is 1. The van der Waals surface area contributed by atoms with Crippen LogP contribution in [0.4, 0.5) is 0 Å². The van der Waals surface area contributed by atoms with E-state index >= 15 is 0 Å². The molecule has 2 heterocycles. The normalized spacial score (nSPS) is 20.8. The van der Waals surface area contributed by atoms with Gasteiger partial charge in [0.2, 0.25) is 0 Å². The number of aliphatic hydroxyl groups is 1. The highest BCUT2D eigenvalue weighted by atomic mass is 16.3. The maximum Gasteiger partial charge on any atom is 0.253 e. The summed E-state index contributed by atoms with van der Waals surface area (Å²) in [4.78, 5) is 18.8. The number of piperidine rings is 1. The quantitative estimate of drug-likeness (QED) is 0.783. The second-order valence-electron chi connectivity index (χ2n) is 6.98. The predicted octanol–water partition coefficient (Wildman–Crippen LogP) is 3.01. The molecule has 0 bridgehead atoms. The lowest BCUT2D eigenvalue weighted by Gasteiger charge is -2.36. The number of likely N-dealkylation sites (tertiary alicyclic amines) is 1. The van der Waals surface area contributed by atoms with Crippen LogP contribution >= 0.6 is 0 Å². The predicted molar refractivity (Wildman–Crippen MR) is 96.8 cm³/mol. The second kappa shape index (κ2) is 6.01. The van der Waals surface area contributed by atoms with E-state index in [1.807, 2.05) is 53.1 Å². The smallest absolute Gasteiger partial charge is 0.253 e. The Labute approximate surface area is 146 Å². The summed E-state index contributed by atoms with van der Waals surface area (Å²) in [5.41, 5.74) is 2.80. The van der Waals surface area contributed by atoms with E-state index in [4.69, 9.17) is 0 Å². The van der Waals surface area contributed by atoms with E-state index in [0.29, 0.717) is 18.7 Å². The summed E-state index contributed by atoms with van der Waals surface area (Å²) >= 11 is 0. The third kappa shape index (κ3) is 3.03. The van der Waals surface area contributed by atoms with E-state index in [1.54, 1.807) is 18.2 Å². The van der Waals surface area contributed by atoms with Gasteiger partial charge in [-0.2, -0.15) is 0 Å². The molecule has 1 N–H and O–H groups in total. The number of hydrogen-bond acceptors (Lipinski definition) is 3. The summed E-state index contributed by atoms with van der Waals surface area (Å²) in [6, 6.07) is 15.5. The van der Waals surface area contributed by atoms with Gasteiger partial charge in [-0.25, -0.2) is 4.98 Å². The van der Waals surface area contributed by atoms with E-state index in [9.17, 15) is 9.90 Å². The topological polar surface area (TPSA) is 58.4 Å². The van der Waals surface area contributed by atoms with Crippen molar-refractivity contribution in [1.29, 1.82) is 0 Å². The number of benzene rings is 2. The van der Waals surface area contributed by atoms with E-state index < -0.39 is 5.60 Å². The molecule has 3 aromatic rings. The van der Waals surface area contributed by atoms with Gasteiger partial charge < -0.3 is 10.0 Å². The Bertz CT molecular complexity index is 912. The summed E-state index contributed by atoms with van der Waals surface area (Å²) in [6.07, 6.45) is 3.37. The van der Waals surface area contributed by atoms with Crippen molar-refractivity contribution in [2.45, 2.75) is 25.4 Å². The molecule has 1 aromatic heterocycles. The Morgan fingerprint density at radius 3 is 2.68 bits per heavy atom. The van der Waals surface area contributed by atoms with Crippen LogP contribution < -0.4 is 0 Å². The van der Waals surface area contributed by atoms with Crippen LogP contribution in [0.3, 0.4) is 0 Å². The third-order valence-electron chi connectivity index (χ3n) is 4.81. The molecular weight excluding hydrogens is 314 g/mol. The van der Waals surface area contributed by atoms with Gasteiger partial charge in [-0.15, -0.1) is 0 Å². The lowest BCUT2D eigenvalue weighted by atomic mass is 9.94. The molecule has 128 valence electrons. The molecule has 0 radical (unpaired) electrons. The van der Waals surface area contributed by atoms with Crippen molar-refractivity contribution in [2.75, 3.05) is 13.1 Å². The van der Waals surface area contributed by atoms with Crippen molar-refractivity contribution in [3.05, 3.63) is 60.4 Å². The van der Waals surface area contributed by atoms with Crippen molar-refractivity contribution in [3.63, 3.8) is 0 Å². The van der Waals surface area contributed by atoms with Gasteiger partial charge in [0.15, 0.2) is 0 Å². The number of para-hydroxylation sites is 2. The van der Waals surface area contributed by atoms with Crippen molar-refractivity contribution in [3.8, 4) is 5.69 Å². The van der Waals surface area contributed by atoms with Crippen molar-refractivity contribution in [1.82, 2.24) is 14.5 Å². The molecule has 5 heteroatoms. The van der Waals surface area contributed by atoms with Crippen LogP contribution in [0, 0.1) is 0 Å². The van der Waals surface area contributed by atoms with Crippen LogP contribution in [0.5, 0.6) is 0 Å². The molecular formula is C20H21N3O2. The zero-order valence-electron chi connectivity index (χ0n) is 14.2. The number of rotatable bonds is 2. The van der Waals surface area contributed by atoms with Gasteiger partial charge in [-0.1, -0.05) is 12.1 Å². The van der Waals surface area contributed by atoms with Crippen LogP contribution in [0.2, 0.25) is 0 Å². The second-order valence-corrected chi connectivity index (χ2v) is 6.98. The van der Waals surface area contributed by atoms with E-state index in [0.717, 1.165) is 29.6 Å². The highest BCUT2D eigenvalue weighted by molar-refractivity contribution is 5.94. The lowest BCUT2D eigenvalue weighted by Crippen LogP contribution is -2.48. The van der Waals surface area contributed by atoms with Gasteiger partial charge in [0.25, 0.3) is 5.91 Å². The van der Waals surface area contributed by atoms with Gasteiger partial charge in [0.05, 0.1) is 16.6 Å². The summed E-state index contributed by atoms with van der Waals surface area (Å²) in [6.45, 7) is 2.88. The summed E-state index contributed by atoms with van der Waals surface area (Å²) < 4.78 is 2.01. The van der Waals surface area contributed by atoms with Crippen molar-refractivity contribution in [2.24, 2.45) is 0 Å². The van der Waals surface area contributed by atoms with Gasteiger partial charge in [-0.05, 0) is 56.2 Å². The first-order chi connectivity index (χ1) is 12.0. The fourth-order valence-corrected chi connectivity index (χ4v) is 3.51. The molecule has 1 aliphatic heterocycles. The minimum absolute atomic E-state index is 0.0259. The average Bonchev–Trinajstić information content (AvgIpc) is 3.04. The maximum atomic E-state index is 12.7. The standard InChI is InChI=1S/C20H21N3O2/c1-20(25)11-4-12-22(13-20)19(24)15-7-9-16(10-8-15)23-14-21-17-5-2-3-6-18(17)23/h2-3,5-10,14,25H,4,11-13H2,1H3. The van der Waals surface area contributed by atoms with Crippen molar-refractivity contribution >= 4 is 16.9 Å². The molecule has 1 atom stereocenters. The number of imidazole rings is 1. The van der Waals surface area contributed by atoms with Crippen LogP contribution in [-0.4, -0.2) is 44.2 Å².